The molecule has 0 saturated carbocycles. The zero-order chi connectivity index (χ0) is 18.8. The van der Waals surface area contributed by atoms with Crippen LogP contribution in [0.2, 0.25) is 0 Å². The fourth-order valence-electron chi connectivity index (χ4n) is 3.10. The summed E-state index contributed by atoms with van der Waals surface area (Å²) in [4.78, 5) is 35.2. The van der Waals surface area contributed by atoms with Crippen molar-refractivity contribution in [1.82, 2.24) is 15.3 Å². The Hall–Kier alpha value is -3.74. The van der Waals surface area contributed by atoms with E-state index in [-0.39, 0.29) is 11.8 Å². The number of hydrogen-bond donors (Lipinski definition) is 2. The van der Waals surface area contributed by atoms with Crippen molar-refractivity contribution in [3.63, 3.8) is 0 Å². The monoisotopic (exact) mass is 359 g/mol. The lowest BCUT2D eigenvalue weighted by atomic mass is 10.0. The van der Waals surface area contributed by atoms with Gasteiger partial charge >= 0.3 is 0 Å². The molecule has 1 atom stereocenters. The number of rotatable bonds is 3. The van der Waals surface area contributed by atoms with Gasteiger partial charge in [-0.2, -0.15) is 0 Å². The van der Waals surface area contributed by atoms with Crippen LogP contribution in [0.4, 0.5) is 11.5 Å². The van der Waals surface area contributed by atoms with Crippen LogP contribution in [0.25, 0.3) is 0 Å². The second kappa shape index (κ2) is 6.87. The zero-order valence-electron chi connectivity index (χ0n) is 14.6. The van der Waals surface area contributed by atoms with Crippen LogP contribution in [0.1, 0.15) is 32.4 Å². The number of benzene rings is 1. The highest BCUT2D eigenvalue weighted by Crippen LogP contribution is 2.33. The minimum absolute atomic E-state index is 0.199. The first-order valence-electron chi connectivity index (χ1n) is 8.44. The second-order valence-corrected chi connectivity index (χ2v) is 6.14. The molecule has 7 heteroatoms. The first kappa shape index (κ1) is 16.7. The van der Waals surface area contributed by atoms with Gasteiger partial charge in [0.15, 0.2) is 0 Å². The van der Waals surface area contributed by atoms with Gasteiger partial charge in [0.2, 0.25) is 0 Å². The van der Waals surface area contributed by atoms with Crippen molar-refractivity contribution in [3.05, 3.63) is 83.8 Å². The molecule has 2 aromatic heterocycles. The molecule has 27 heavy (non-hydrogen) atoms. The fourth-order valence-corrected chi connectivity index (χ4v) is 3.10. The number of para-hydroxylation sites is 1. The largest absolute Gasteiger partial charge is 0.335 e. The van der Waals surface area contributed by atoms with Gasteiger partial charge in [-0.25, -0.2) is 4.98 Å². The second-order valence-electron chi connectivity index (χ2n) is 6.14. The quantitative estimate of drug-likeness (QED) is 0.751. The Balaban J connectivity index is 1.68. The maximum Gasteiger partial charge on any atom is 0.257 e. The molecule has 3 heterocycles. The van der Waals surface area contributed by atoms with E-state index in [4.69, 9.17) is 0 Å². The van der Waals surface area contributed by atoms with Gasteiger partial charge in [-0.15, -0.1) is 0 Å². The van der Waals surface area contributed by atoms with E-state index in [0.29, 0.717) is 22.6 Å². The summed E-state index contributed by atoms with van der Waals surface area (Å²) >= 11 is 0. The van der Waals surface area contributed by atoms with E-state index in [1.165, 1.54) is 6.20 Å². The lowest BCUT2D eigenvalue weighted by molar-refractivity contribution is 0.0927. The SMILES string of the molecule is CN1c2ncccc2C(=O)NC1c1ccccc1NC(=O)c1cccnc1. The van der Waals surface area contributed by atoms with Crippen LogP contribution in [0.5, 0.6) is 0 Å². The van der Waals surface area contributed by atoms with Gasteiger partial charge in [-0.3, -0.25) is 14.6 Å². The van der Waals surface area contributed by atoms with E-state index in [1.54, 1.807) is 42.7 Å². The minimum Gasteiger partial charge on any atom is -0.335 e. The van der Waals surface area contributed by atoms with Gasteiger partial charge < -0.3 is 15.5 Å². The Kier molecular flexibility index (Phi) is 4.25. The molecule has 4 rings (SSSR count). The lowest BCUT2D eigenvalue weighted by Gasteiger charge is -2.36. The first-order valence-corrected chi connectivity index (χ1v) is 8.44. The third kappa shape index (κ3) is 3.10. The van der Waals surface area contributed by atoms with Gasteiger partial charge in [0.05, 0.1) is 11.1 Å². The summed E-state index contributed by atoms with van der Waals surface area (Å²) in [5.74, 6) is 0.132. The average molecular weight is 359 g/mol. The summed E-state index contributed by atoms with van der Waals surface area (Å²) in [6.45, 7) is 0. The van der Waals surface area contributed by atoms with Crippen molar-refractivity contribution < 1.29 is 9.59 Å². The summed E-state index contributed by atoms with van der Waals surface area (Å²) in [7, 11) is 1.86. The van der Waals surface area contributed by atoms with Gasteiger partial charge in [0.25, 0.3) is 11.8 Å². The predicted molar refractivity (Wildman–Crippen MR) is 101 cm³/mol. The smallest absolute Gasteiger partial charge is 0.257 e. The molecule has 1 unspecified atom stereocenters. The third-order valence-electron chi connectivity index (χ3n) is 4.45. The Morgan fingerprint density at radius 3 is 2.74 bits per heavy atom. The molecule has 1 aliphatic rings. The molecular formula is C20H17N5O2. The Morgan fingerprint density at radius 1 is 1.11 bits per heavy atom. The molecule has 134 valence electrons. The number of amides is 2. The molecule has 0 fully saturated rings. The highest BCUT2D eigenvalue weighted by Gasteiger charge is 2.31. The van der Waals surface area contributed by atoms with Gasteiger partial charge in [-0.1, -0.05) is 18.2 Å². The average Bonchev–Trinajstić information content (AvgIpc) is 2.72. The molecule has 0 bridgehead atoms. The molecular weight excluding hydrogens is 342 g/mol. The minimum atomic E-state index is -0.453. The maximum absolute atomic E-state index is 12.5. The topological polar surface area (TPSA) is 87.2 Å². The highest BCUT2D eigenvalue weighted by atomic mass is 16.2. The Morgan fingerprint density at radius 2 is 1.93 bits per heavy atom. The van der Waals surface area contributed by atoms with Crippen molar-refractivity contribution in [1.29, 1.82) is 0 Å². The van der Waals surface area contributed by atoms with E-state index in [9.17, 15) is 9.59 Å². The van der Waals surface area contributed by atoms with E-state index >= 15 is 0 Å². The number of aromatic nitrogens is 2. The van der Waals surface area contributed by atoms with Crippen LogP contribution in [0.3, 0.4) is 0 Å². The molecule has 7 nitrogen and oxygen atoms in total. The van der Waals surface area contributed by atoms with Crippen LogP contribution in [-0.2, 0) is 0 Å². The van der Waals surface area contributed by atoms with Gasteiger partial charge in [-0.05, 0) is 30.3 Å². The number of carbonyl (C=O) groups excluding carboxylic acids is 2. The maximum atomic E-state index is 12.5. The number of nitrogens with zero attached hydrogens (tertiary/aromatic N) is 3. The zero-order valence-corrected chi connectivity index (χ0v) is 14.6. The number of anilines is 2. The van der Waals surface area contributed by atoms with Gasteiger partial charge in [0, 0.05) is 36.9 Å². The van der Waals surface area contributed by atoms with Crippen LogP contribution in [-0.4, -0.2) is 28.8 Å². The van der Waals surface area contributed by atoms with Crippen molar-refractivity contribution in [2.45, 2.75) is 6.17 Å². The third-order valence-corrected chi connectivity index (χ3v) is 4.45. The molecule has 0 aliphatic carbocycles. The summed E-state index contributed by atoms with van der Waals surface area (Å²) in [6.07, 6.45) is 4.32. The highest BCUT2D eigenvalue weighted by molar-refractivity contribution is 6.05. The molecule has 0 spiro atoms. The van der Waals surface area contributed by atoms with E-state index < -0.39 is 6.17 Å². The Bertz CT molecular complexity index is 1010. The van der Waals surface area contributed by atoms with E-state index in [0.717, 1.165) is 5.56 Å². The summed E-state index contributed by atoms with van der Waals surface area (Å²) in [5.41, 5.74) is 2.36. The van der Waals surface area contributed by atoms with Crippen molar-refractivity contribution in [2.75, 3.05) is 17.3 Å². The van der Waals surface area contributed by atoms with Crippen LogP contribution in [0, 0.1) is 0 Å². The predicted octanol–water partition coefficient (Wildman–Crippen LogP) is 2.61. The van der Waals surface area contributed by atoms with E-state index in [2.05, 4.69) is 20.6 Å². The summed E-state index contributed by atoms with van der Waals surface area (Å²) < 4.78 is 0. The van der Waals surface area contributed by atoms with Crippen LogP contribution >= 0.6 is 0 Å². The van der Waals surface area contributed by atoms with Crippen LogP contribution in [0.15, 0.2) is 67.1 Å². The molecule has 2 amide bonds. The van der Waals surface area contributed by atoms with Crippen LogP contribution < -0.4 is 15.5 Å². The number of nitrogens with one attached hydrogen (secondary N) is 2. The number of carbonyl (C=O) groups is 2. The Labute approximate surface area is 156 Å². The molecule has 0 saturated heterocycles. The summed E-state index contributed by atoms with van der Waals surface area (Å²) in [5, 5.41) is 5.88. The first-order chi connectivity index (χ1) is 13.1. The number of pyridine rings is 2. The molecule has 2 N–H and O–H groups in total. The van der Waals surface area contributed by atoms with Crippen molar-refractivity contribution in [2.24, 2.45) is 0 Å². The van der Waals surface area contributed by atoms with Crippen molar-refractivity contribution in [3.8, 4) is 0 Å². The normalized spacial score (nSPS) is 15.7. The molecule has 3 aromatic rings. The van der Waals surface area contributed by atoms with Gasteiger partial charge in [0.1, 0.15) is 12.0 Å². The number of fused-ring (bicyclic) bond motifs is 1. The number of hydrogen-bond acceptors (Lipinski definition) is 5. The molecule has 1 aromatic carbocycles. The lowest BCUT2D eigenvalue weighted by Crippen LogP contribution is -2.45. The molecule has 0 radical (unpaired) electrons. The summed E-state index contributed by atoms with van der Waals surface area (Å²) in [6, 6.07) is 14.2. The molecule has 1 aliphatic heterocycles. The van der Waals surface area contributed by atoms with E-state index in [1.807, 2.05) is 30.1 Å². The standard InChI is InChI=1S/C20H17N5O2/c1-25-17-15(8-5-11-22-17)20(27)24-18(25)14-7-2-3-9-16(14)23-19(26)13-6-4-10-21-12-13/h2-12,18H,1H3,(H,23,26)(H,24,27). The fraction of sp³-hybridized carbons (Fsp3) is 0.100. The van der Waals surface area contributed by atoms with Crippen molar-refractivity contribution >= 4 is 23.3 Å².